The zero-order valence-electron chi connectivity index (χ0n) is 32.5. The summed E-state index contributed by atoms with van der Waals surface area (Å²) in [5, 5.41) is 0. The fraction of sp³-hybridized carbons (Fsp3) is 0.857. The molecule has 3 atom stereocenters. The van der Waals surface area contributed by atoms with E-state index in [2.05, 4.69) is 82.9 Å². The Morgan fingerprint density at radius 1 is 0.489 bits per heavy atom. The molecular formula is C42H81NO3Si. The normalized spacial score (nSPS) is 17.5. The Morgan fingerprint density at radius 3 is 1.23 bits per heavy atom. The SMILES string of the molecule is CCCCC/C=C\CCC(C)O[Si](CCCCCCN1CCC1)(OC(C)CC/C=C\CCCCC)OC(C)CC/C=C\CCCCC. The van der Waals surface area contributed by atoms with Crippen LogP contribution in [0.3, 0.4) is 0 Å². The Bertz CT molecular complexity index is 686. The van der Waals surface area contributed by atoms with E-state index in [-0.39, 0.29) is 18.3 Å². The van der Waals surface area contributed by atoms with E-state index < -0.39 is 8.80 Å². The van der Waals surface area contributed by atoms with Gasteiger partial charge in [0.1, 0.15) is 0 Å². The summed E-state index contributed by atoms with van der Waals surface area (Å²) in [7, 11) is -2.90. The van der Waals surface area contributed by atoms with Crippen molar-refractivity contribution in [3.05, 3.63) is 36.5 Å². The lowest BCUT2D eigenvalue weighted by molar-refractivity contribution is -0.0134. The molecule has 0 aromatic heterocycles. The van der Waals surface area contributed by atoms with Crippen molar-refractivity contribution in [2.75, 3.05) is 19.6 Å². The number of allylic oxidation sites excluding steroid dienone is 6. The molecule has 0 aromatic carbocycles. The highest BCUT2D eigenvalue weighted by Gasteiger charge is 2.45. The van der Waals surface area contributed by atoms with Gasteiger partial charge in [0.2, 0.25) is 0 Å². The summed E-state index contributed by atoms with van der Waals surface area (Å²) in [6.45, 7) is 17.4. The molecule has 0 aliphatic carbocycles. The molecule has 1 rings (SSSR count). The quantitative estimate of drug-likeness (QED) is 0.0386. The van der Waals surface area contributed by atoms with Gasteiger partial charge in [-0.05, 0) is 137 Å². The highest BCUT2D eigenvalue weighted by Crippen LogP contribution is 2.28. The number of nitrogens with zero attached hydrogens (tertiary/aromatic N) is 1. The highest BCUT2D eigenvalue weighted by molar-refractivity contribution is 6.60. The molecule has 1 aliphatic heterocycles. The predicted molar refractivity (Wildman–Crippen MR) is 209 cm³/mol. The Morgan fingerprint density at radius 2 is 0.872 bits per heavy atom. The second kappa shape index (κ2) is 31.3. The first-order valence-electron chi connectivity index (χ1n) is 20.6. The maximum absolute atomic E-state index is 7.06. The van der Waals surface area contributed by atoms with Crippen molar-refractivity contribution in [3.8, 4) is 0 Å². The van der Waals surface area contributed by atoms with Gasteiger partial charge in [-0.15, -0.1) is 0 Å². The third-order valence-electron chi connectivity index (χ3n) is 9.44. The van der Waals surface area contributed by atoms with E-state index in [1.165, 1.54) is 122 Å². The largest absolute Gasteiger partial charge is 0.501 e. The molecule has 0 saturated carbocycles. The van der Waals surface area contributed by atoms with Gasteiger partial charge < -0.3 is 18.2 Å². The average molecular weight is 676 g/mol. The van der Waals surface area contributed by atoms with Gasteiger partial charge in [-0.1, -0.05) is 109 Å². The molecule has 1 aliphatic rings. The van der Waals surface area contributed by atoms with Crippen molar-refractivity contribution < 1.29 is 13.3 Å². The monoisotopic (exact) mass is 676 g/mol. The van der Waals surface area contributed by atoms with E-state index in [4.69, 9.17) is 13.3 Å². The summed E-state index contributed by atoms with van der Waals surface area (Å²) in [6.07, 6.45) is 42.5. The van der Waals surface area contributed by atoms with Crippen LogP contribution in [0.1, 0.15) is 189 Å². The molecule has 276 valence electrons. The molecule has 1 heterocycles. The Balaban J connectivity index is 2.89. The first-order valence-corrected chi connectivity index (χ1v) is 22.6. The van der Waals surface area contributed by atoms with Gasteiger partial charge in [-0.25, -0.2) is 0 Å². The van der Waals surface area contributed by atoms with Crippen molar-refractivity contribution >= 4 is 8.80 Å². The minimum atomic E-state index is -2.90. The van der Waals surface area contributed by atoms with E-state index in [0.29, 0.717) is 0 Å². The van der Waals surface area contributed by atoms with Crippen LogP contribution in [0.2, 0.25) is 6.04 Å². The van der Waals surface area contributed by atoms with Gasteiger partial charge in [-0.3, -0.25) is 0 Å². The number of unbranched alkanes of at least 4 members (excludes halogenated alkanes) is 12. The maximum atomic E-state index is 7.06. The second-order valence-corrected chi connectivity index (χ2v) is 17.0. The lowest BCUT2D eigenvalue weighted by Crippen LogP contribution is -2.51. The molecule has 1 fully saturated rings. The lowest BCUT2D eigenvalue weighted by Gasteiger charge is -2.37. The van der Waals surface area contributed by atoms with E-state index in [9.17, 15) is 0 Å². The molecule has 0 N–H and O–H groups in total. The molecule has 3 unspecified atom stereocenters. The van der Waals surface area contributed by atoms with Crippen molar-refractivity contribution in [1.29, 1.82) is 0 Å². The molecule has 0 radical (unpaired) electrons. The summed E-state index contributed by atoms with van der Waals surface area (Å²) < 4.78 is 21.2. The van der Waals surface area contributed by atoms with Crippen LogP contribution in [0.25, 0.3) is 0 Å². The number of hydrogen-bond acceptors (Lipinski definition) is 4. The first-order chi connectivity index (χ1) is 22.9. The molecule has 0 amide bonds. The maximum Gasteiger partial charge on any atom is 0.501 e. The van der Waals surface area contributed by atoms with E-state index in [1.54, 1.807) is 0 Å². The zero-order valence-corrected chi connectivity index (χ0v) is 33.5. The average Bonchev–Trinajstić information content (AvgIpc) is 3.02. The van der Waals surface area contributed by atoms with Gasteiger partial charge in [0, 0.05) is 24.4 Å². The van der Waals surface area contributed by atoms with E-state index in [0.717, 1.165) is 51.0 Å². The Labute approximate surface area is 295 Å². The van der Waals surface area contributed by atoms with Crippen molar-refractivity contribution in [3.63, 3.8) is 0 Å². The van der Waals surface area contributed by atoms with Crippen LogP contribution < -0.4 is 0 Å². The summed E-state index contributed by atoms with van der Waals surface area (Å²) in [5.74, 6) is 0. The van der Waals surface area contributed by atoms with E-state index >= 15 is 0 Å². The molecule has 0 bridgehead atoms. The standard InChI is InChI=1S/C42H81NO3Si/c1-7-10-13-16-19-22-27-33-40(4)44-47(39-31-26-25-30-36-43-37-32-38-43,45-41(5)34-28-23-20-17-14-11-8-2)46-42(6)35-29-24-21-18-15-12-9-3/h19-24,40-42H,7-18,25-39H2,1-6H3/b22-19-,23-20-,24-21-. The zero-order chi connectivity index (χ0) is 34.3. The summed E-state index contributed by atoms with van der Waals surface area (Å²) in [6, 6.07) is 0.933. The van der Waals surface area contributed by atoms with Crippen LogP contribution in [-0.2, 0) is 13.3 Å². The van der Waals surface area contributed by atoms with Gasteiger partial charge >= 0.3 is 8.80 Å². The third-order valence-corrected chi connectivity index (χ3v) is 12.7. The highest BCUT2D eigenvalue weighted by atomic mass is 28.4. The molecule has 4 nitrogen and oxygen atoms in total. The molecule has 0 aromatic rings. The van der Waals surface area contributed by atoms with Crippen molar-refractivity contribution in [1.82, 2.24) is 4.90 Å². The molecular weight excluding hydrogens is 595 g/mol. The van der Waals surface area contributed by atoms with Crippen LogP contribution in [0.4, 0.5) is 0 Å². The minimum absolute atomic E-state index is 0.129. The van der Waals surface area contributed by atoms with Gasteiger partial charge in [0.05, 0.1) is 0 Å². The van der Waals surface area contributed by atoms with Crippen molar-refractivity contribution in [2.45, 2.75) is 214 Å². The predicted octanol–water partition coefficient (Wildman–Crippen LogP) is 13.2. The second-order valence-electron chi connectivity index (χ2n) is 14.5. The van der Waals surface area contributed by atoms with Gasteiger partial charge in [0.25, 0.3) is 0 Å². The van der Waals surface area contributed by atoms with Crippen LogP contribution in [0.5, 0.6) is 0 Å². The summed E-state index contributed by atoms with van der Waals surface area (Å²) in [4.78, 5) is 2.59. The van der Waals surface area contributed by atoms with Crippen molar-refractivity contribution in [2.24, 2.45) is 0 Å². The molecule has 47 heavy (non-hydrogen) atoms. The van der Waals surface area contributed by atoms with Crippen LogP contribution in [0, 0.1) is 0 Å². The smallest absolute Gasteiger partial charge is 0.371 e. The summed E-state index contributed by atoms with van der Waals surface area (Å²) in [5.41, 5.74) is 0. The van der Waals surface area contributed by atoms with Gasteiger partial charge in [-0.2, -0.15) is 0 Å². The molecule has 0 spiro atoms. The third kappa shape index (κ3) is 25.8. The van der Waals surface area contributed by atoms with Gasteiger partial charge in [0.15, 0.2) is 0 Å². The Kier molecular flexibility index (Phi) is 29.5. The fourth-order valence-corrected chi connectivity index (χ4v) is 9.62. The van der Waals surface area contributed by atoms with Crippen LogP contribution in [-0.4, -0.2) is 51.7 Å². The topological polar surface area (TPSA) is 30.9 Å². The fourth-order valence-electron chi connectivity index (χ4n) is 6.23. The minimum Gasteiger partial charge on any atom is -0.371 e. The Hall–Kier alpha value is -0.723. The van der Waals surface area contributed by atoms with Crippen LogP contribution in [0.15, 0.2) is 36.5 Å². The lowest BCUT2D eigenvalue weighted by atomic mass is 10.1. The number of likely N-dealkylation sites (tertiary alicyclic amines) is 1. The van der Waals surface area contributed by atoms with Crippen LogP contribution >= 0.6 is 0 Å². The first kappa shape index (κ1) is 44.3. The van der Waals surface area contributed by atoms with E-state index in [1.807, 2.05) is 0 Å². The summed E-state index contributed by atoms with van der Waals surface area (Å²) >= 11 is 0. The molecule has 5 heteroatoms. The molecule has 1 saturated heterocycles. The number of hydrogen-bond donors (Lipinski definition) is 0. The number of rotatable bonds is 34.